The van der Waals surface area contributed by atoms with Gasteiger partial charge in [-0.05, 0) is 153 Å². The molecule has 3 aromatic rings. The molecule has 2 aliphatic rings. The van der Waals surface area contributed by atoms with Gasteiger partial charge >= 0.3 is 17.9 Å². The van der Waals surface area contributed by atoms with Crippen molar-refractivity contribution in [2.75, 3.05) is 44.7 Å². The Bertz CT molecular complexity index is 2570. The maximum Gasteiger partial charge on any atom is 0.311 e. The van der Waals surface area contributed by atoms with Crippen LogP contribution in [0, 0.1) is 25.7 Å². The van der Waals surface area contributed by atoms with Crippen LogP contribution < -0.4 is 15.4 Å². The highest BCUT2D eigenvalue weighted by Gasteiger charge is 2.41. The number of nitrogens with zero attached hydrogens (tertiary/aromatic N) is 1. The number of aromatic nitrogens is 1. The molecule has 18 heteroatoms. The quantitative estimate of drug-likeness (QED) is 0.0130. The lowest BCUT2D eigenvalue weighted by Gasteiger charge is -2.25. The minimum atomic E-state index is -1.24. The van der Waals surface area contributed by atoms with E-state index in [1.807, 2.05) is 56.3 Å². The lowest BCUT2D eigenvalue weighted by Crippen LogP contribution is -2.35. The SMILES string of the molecule is CCN(CC)CCNC(=O)c1c(C)[nH]c(/C=C2\C(=O)Nc3ccc(OC(=O)CCC(=O)OC(C)C(=O)COC(C)C(=O)CO[C@@H](CCc4ccccc4)CC[C@@H]4[C@@H](C/C=C\CCCC(=O)OC(C)C)[C@@H](O)C[C@H]4O)cc32)c1C. The lowest BCUT2D eigenvalue weighted by atomic mass is 9.85. The average molecular weight is 1080 g/mol. The smallest absolute Gasteiger partial charge is 0.311 e. The summed E-state index contributed by atoms with van der Waals surface area (Å²) in [5.74, 6) is -3.59. The molecule has 2 aromatic carbocycles. The molecule has 0 radical (unpaired) electrons. The third kappa shape index (κ3) is 19.3. The molecule has 1 aliphatic heterocycles. The number of nitrogens with one attached hydrogen (secondary N) is 3. The van der Waals surface area contributed by atoms with Gasteiger partial charge in [0.05, 0.1) is 48.4 Å². The van der Waals surface area contributed by atoms with Crippen molar-refractivity contribution >= 4 is 58.6 Å². The second-order valence-electron chi connectivity index (χ2n) is 20.5. The Morgan fingerprint density at radius 3 is 2.21 bits per heavy atom. The number of amides is 2. The molecule has 0 bridgehead atoms. The topological polar surface area (TPSA) is 249 Å². The Hall–Kier alpha value is -6.31. The molecule has 2 heterocycles. The molecular formula is C60H82N4O14. The summed E-state index contributed by atoms with van der Waals surface area (Å²) in [5.41, 5.74) is 4.79. The van der Waals surface area contributed by atoms with Crippen LogP contribution in [0.3, 0.4) is 0 Å². The van der Waals surface area contributed by atoms with E-state index in [1.165, 1.54) is 26.0 Å². The number of ether oxygens (including phenoxy) is 5. The number of rotatable bonds is 33. The van der Waals surface area contributed by atoms with Gasteiger partial charge in [-0.15, -0.1) is 0 Å². The van der Waals surface area contributed by atoms with Crippen molar-refractivity contribution in [1.29, 1.82) is 0 Å². The van der Waals surface area contributed by atoms with Crippen molar-refractivity contribution in [2.24, 2.45) is 11.8 Å². The van der Waals surface area contributed by atoms with Gasteiger partial charge in [-0.2, -0.15) is 0 Å². The van der Waals surface area contributed by atoms with Gasteiger partial charge in [0.25, 0.3) is 11.8 Å². The van der Waals surface area contributed by atoms with Gasteiger partial charge in [-0.1, -0.05) is 56.3 Å². The van der Waals surface area contributed by atoms with E-state index >= 15 is 0 Å². The van der Waals surface area contributed by atoms with Crippen LogP contribution in [0.2, 0.25) is 0 Å². The Kier molecular flexibility index (Phi) is 25.1. The second kappa shape index (κ2) is 31.3. The molecular weight excluding hydrogens is 1000 g/mol. The summed E-state index contributed by atoms with van der Waals surface area (Å²) in [5, 5.41) is 27.7. The van der Waals surface area contributed by atoms with Crippen LogP contribution in [-0.2, 0) is 54.1 Å². The number of carbonyl (C=O) groups is 7. The minimum Gasteiger partial charge on any atom is -0.463 e. The zero-order valence-corrected chi connectivity index (χ0v) is 46.7. The highest BCUT2D eigenvalue weighted by molar-refractivity contribution is 6.35. The summed E-state index contributed by atoms with van der Waals surface area (Å²) in [7, 11) is 0. The van der Waals surface area contributed by atoms with Crippen molar-refractivity contribution in [3.63, 3.8) is 0 Å². The molecule has 0 spiro atoms. The number of esters is 3. The Morgan fingerprint density at radius 1 is 0.808 bits per heavy atom. The summed E-state index contributed by atoms with van der Waals surface area (Å²) in [6, 6.07) is 14.5. The van der Waals surface area contributed by atoms with Crippen LogP contribution >= 0.6 is 0 Å². The van der Waals surface area contributed by atoms with Crippen LogP contribution in [0.15, 0.2) is 60.7 Å². The number of likely N-dealkylation sites (N-methyl/N-ethyl adjacent to an activating group) is 1. The Morgan fingerprint density at radius 2 is 1.49 bits per heavy atom. The van der Waals surface area contributed by atoms with Crippen molar-refractivity contribution in [3.8, 4) is 5.75 Å². The molecule has 426 valence electrons. The van der Waals surface area contributed by atoms with E-state index in [-0.39, 0.29) is 73.4 Å². The Labute approximate surface area is 459 Å². The molecule has 5 rings (SSSR count). The van der Waals surface area contributed by atoms with Gasteiger partial charge in [0, 0.05) is 42.1 Å². The summed E-state index contributed by atoms with van der Waals surface area (Å²) in [6.07, 6.45) is 5.71. The molecule has 1 aliphatic carbocycles. The molecule has 1 saturated carbocycles. The molecule has 7 atom stereocenters. The van der Waals surface area contributed by atoms with Crippen molar-refractivity contribution in [3.05, 3.63) is 94.3 Å². The van der Waals surface area contributed by atoms with Crippen molar-refractivity contribution < 1.29 is 67.5 Å². The summed E-state index contributed by atoms with van der Waals surface area (Å²) < 4.78 is 27.8. The maximum atomic E-state index is 13.3. The first-order valence-electron chi connectivity index (χ1n) is 27.6. The van der Waals surface area contributed by atoms with Gasteiger partial charge in [0.15, 0.2) is 17.7 Å². The Balaban J connectivity index is 1.06. The monoisotopic (exact) mass is 1080 g/mol. The number of fused-ring (bicyclic) bond motifs is 1. The fourth-order valence-electron chi connectivity index (χ4n) is 9.80. The first kappa shape index (κ1) is 62.5. The average Bonchev–Trinajstić information content (AvgIpc) is 3.99. The number of H-pyrrole nitrogens is 1. The van der Waals surface area contributed by atoms with E-state index in [0.29, 0.717) is 97.3 Å². The van der Waals surface area contributed by atoms with Crippen molar-refractivity contribution in [1.82, 2.24) is 15.2 Å². The maximum absolute atomic E-state index is 13.3. The number of unbranched alkanes of at least 4 members (excludes halogenated alkanes) is 1. The van der Waals surface area contributed by atoms with E-state index in [2.05, 4.69) is 34.4 Å². The molecule has 18 nitrogen and oxygen atoms in total. The number of aliphatic hydroxyl groups excluding tert-OH is 2. The molecule has 0 saturated heterocycles. The van der Waals surface area contributed by atoms with Crippen LogP contribution in [0.4, 0.5) is 5.69 Å². The number of aryl methyl sites for hydroxylation is 2. The zero-order chi connectivity index (χ0) is 56.9. The number of benzene rings is 2. The molecule has 1 aromatic heterocycles. The van der Waals surface area contributed by atoms with Crippen LogP contribution in [0.25, 0.3) is 11.6 Å². The number of carbonyl (C=O) groups excluding carboxylic acids is 7. The molecule has 2 amide bonds. The number of hydrogen-bond acceptors (Lipinski definition) is 15. The standard InChI is InChI=1S/C60H82N4O14/c1-9-64(10-2)31-30-61-60(73)58-38(5)50(62-39(58)6)33-48-47-32-44(25-27-49(47)63-59(48)72)78-57(71)29-28-56(70)77-41(8)54(68)35-74-40(7)53(67)36-75-43(23-22-42-18-14-13-15-19-42)24-26-46-45(51(65)34-52(46)66)20-16-11-12-17-21-55(69)76-37(3)4/h11,13-16,18-19,25,27,32-33,37,40-41,43,45-46,51-52,62,65-66H,9-10,12,17,20-24,26,28-31,34-36H2,1-8H3,(H,61,73)(H,63,72)/b16-11-,48-33-/t40?,41?,43-,45+,46+,51-,52+/m0/s1. The van der Waals surface area contributed by atoms with Gasteiger partial charge in [0.2, 0.25) is 0 Å². The molecule has 2 unspecified atom stereocenters. The molecule has 78 heavy (non-hydrogen) atoms. The fourth-order valence-corrected chi connectivity index (χ4v) is 9.80. The van der Waals surface area contributed by atoms with Crippen LogP contribution in [0.1, 0.15) is 144 Å². The molecule has 5 N–H and O–H groups in total. The first-order chi connectivity index (χ1) is 37.3. The van der Waals surface area contributed by atoms with E-state index < -0.39 is 54.5 Å². The third-order valence-electron chi connectivity index (χ3n) is 14.4. The number of aromatic amines is 1. The number of Topliss-reactive ketones (excluding diaryl/α,β-unsaturated/α-hetero) is 2. The fraction of sp³-hybridized carbons (Fsp3) is 0.550. The van der Waals surface area contributed by atoms with Crippen molar-refractivity contribution in [2.45, 2.75) is 163 Å². The highest BCUT2D eigenvalue weighted by Crippen LogP contribution is 2.39. The number of allylic oxidation sites excluding steroid dienone is 2. The number of anilines is 1. The number of hydrogen-bond donors (Lipinski definition) is 5. The largest absolute Gasteiger partial charge is 0.463 e. The number of aliphatic hydroxyl groups is 2. The predicted molar refractivity (Wildman–Crippen MR) is 295 cm³/mol. The van der Waals surface area contributed by atoms with Gasteiger partial charge in [-0.3, -0.25) is 33.6 Å². The normalized spacial score (nSPS) is 18.7. The van der Waals surface area contributed by atoms with E-state index in [4.69, 9.17) is 23.7 Å². The first-order valence-corrected chi connectivity index (χ1v) is 27.6. The van der Waals surface area contributed by atoms with E-state index in [9.17, 15) is 43.8 Å². The van der Waals surface area contributed by atoms with Crippen LogP contribution in [-0.4, -0.2) is 137 Å². The van der Waals surface area contributed by atoms with E-state index in [0.717, 1.165) is 25.2 Å². The predicted octanol–water partition coefficient (Wildman–Crippen LogP) is 7.58. The number of ketones is 2. The summed E-state index contributed by atoms with van der Waals surface area (Å²) in [6.45, 7) is 16.4. The lowest BCUT2D eigenvalue weighted by molar-refractivity contribution is -0.158. The summed E-state index contributed by atoms with van der Waals surface area (Å²) >= 11 is 0. The van der Waals surface area contributed by atoms with Gasteiger partial charge in [-0.25, -0.2) is 0 Å². The third-order valence-corrected chi connectivity index (χ3v) is 14.4. The molecule has 1 fully saturated rings. The van der Waals surface area contributed by atoms with E-state index in [1.54, 1.807) is 26.0 Å². The highest BCUT2D eigenvalue weighted by atomic mass is 16.6. The summed E-state index contributed by atoms with van der Waals surface area (Å²) in [4.78, 5) is 95.5. The minimum absolute atomic E-state index is 0.134. The van der Waals surface area contributed by atoms with Gasteiger partial charge < -0.3 is 54.4 Å². The second-order valence-corrected chi connectivity index (χ2v) is 20.5. The van der Waals surface area contributed by atoms with Crippen LogP contribution in [0.5, 0.6) is 5.75 Å². The zero-order valence-electron chi connectivity index (χ0n) is 46.7. The van der Waals surface area contributed by atoms with Gasteiger partial charge in [0.1, 0.15) is 25.1 Å².